The van der Waals surface area contributed by atoms with E-state index in [1.54, 1.807) is 29.2 Å². The number of benzene rings is 1. The molecule has 12 heteroatoms. The van der Waals surface area contributed by atoms with Crippen LogP contribution in [0.4, 0.5) is 18.9 Å². The second kappa shape index (κ2) is 8.54. The Bertz CT molecular complexity index is 1150. The van der Waals surface area contributed by atoms with E-state index in [4.69, 9.17) is 0 Å². The van der Waals surface area contributed by atoms with Gasteiger partial charge in [-0.3, -0.25) is 14.4 Å². The monoisotopic (exact) mass is 483 g/mol. The van der Waals surface area contributed by atoms with Crippen molar-refractivity contribution in [3.8, 4) is 0 Å². The number of alkyl halides is 3. The first-order valence-electron chi connectivity index (χ1n) is 10.3. The fourth-order valence-corrected chi connectivity index (χ4v) is 5.29. The number of para-hydroxylation sites is 1. The molecule has 1 aromatic rings. The average Bonchev–Trinajstić information content (AvgIpc) is 3.29. The zero-order chi connectivity index (χ0) is 23.7. The molecule has 1 aromatic carbocycles. The van der Waals surface area contributed by atoms with Crippen molar-refractivity contribution in [3.63, 3.8) is 0 Å². The van der Waals surface area contributed by atoms with Crippen LogP contribution in [0.1, 0.15) is 12.8 Å². The summed E-state index contributed by atoms with van der Waals surface area (Å²) in [4.78, 5) is 52.2. The molecule has 34 heavy (non-hydrogen) atoms. The van der Waals surface area contributed by atoms with Gasteiger partial charge >= 0.3 is 41.6 Å². The first-order chi connectivity index (χ1) is 15.6. The number of β-lactam (4-membered cyclic amide) rings is 1. The Labute approximate surface area is 213 Å². The summed E-state index contributed by atoms with van der Waals surface area (Å²) in [5.41, 5.74) is 0.775. The van der Waals surface area contributed by atoms with Gasteiger partial charge in [-0.05, 0) is 36.6 Å². The third-order valence-corrected chi connectivity index (χ3v) is 6.67. The fraction of sp³-hybridized carbons (Fsp3) is 0.364. The van der Waals surface area contributed by atoms with Crippen LogP contribution in [0.2, 0.25) is 0 Å². The number of aliphatic carboxylic acids is 1. The van der Waals surface area contributed by atoms with Crippen LogP contribution < -0.4 is 39.6 Å². The largest absolute Gasteiger partial charge is 1.00 e. The molecule has 172 valence electrons. The minimum Gasteiger partial charge on any atom is -0.543 e. The van der Waals surface area contributed by atoms with Crippen LogP contribution in [0.25, 0.3) is 0 Å². The maximum Gasteiger partial charge on any atom is 1.00 e. The van der Waals surface area contributed by atoms with Crippen LogP contribution in [0.5, 0.6) is 0 Å². The third-order valence-electron chi connectivity index (χ3n) is 6.67. The summed E-state index contributed by atoms with van der Waals surface area (Å²) in [6, 6.07) is 6.61. The topological polar surface area (TPSA) is 101 Å². The van der Waals surface area contributed by atoms with E-state index in [0.717, 1.165) is 4.90 Å². The molecule has 8 nitrogen and oxygen atoms in total. The van der Waals surface area contributed by atoms with Crippen molar-refractivity contribution in [1.29, 1.82) is 0 Å². The number of rotatable bonds is 3. The Balaban J connectivity index is 0.00000274. The molecule has 5 rings (SSSR count). The number of allylic oxidation sites excluding steroid dienone is 1. The molecule has 4 aliphatic rings. The summed E-state index contributed by atoms with van der Waals surface area (Å²) < 4.78 is 39.0. The summed E-state index contributed by atoms with van der Waals surface area (Å²) >= 11 is 0. The van der Waals surface area contributed by atoms with Crippen LogP contribution in [0.15, 0.2) is 53.3 Å². The van der Waals surface area contributed by atoms with Gasteiger partial charge in [0.25, 0.3) is 11.8 Å². The number of halogens is 3. The molecular weight excluding hydrogens is 466 g/mol. The Morgan fingerprint density at radius 1 is 1.09 bits per heavy atom. The van der Waals surface area contributed by atoms with Gasteiger partial charge in [-0.2, -0.15) is 13.2 Å². The van der Waals surface area contributed by atoms with E-state index in [-0.39, 0.29) is 54.0 Å². The van der Waals surface area contributed by atoms with Gasteiger partial charge in [-0.25, -0.2) is 0 Å². The van der Waals surface area contributed by atoms with Gasteiger partial charge in [-0.15, -0.1) is 0 Å². The van der Waals surface area contributed by atoms with E-state index in [2.05, 4.69) is 0 Å². The number of hydrogen-bond donors (Lipinski definition) is 0. The Morgan fingerprint density at radius 2 is 1.76 bits per heavy atom. The van der Waals surface area contributed by atoms with Crippen molar-refractivity contribution in [3.05, 3.63) is 53.3 Å². The van der Waals surface area contributed by atoms with E-state index >= 15 is 0 Å². The Hall–Kier alpha value is -2.63. The van der Waals surface area contributed by atoms with E-state index in [1.807, 2.05) is 6.07 Å². The SMILES string of the molecule is O=C([O-])C1=C(/C=C2\CCN(c3ccccc3)C2=O)C2CCN(C(=O)C(F)(F)F)[C@@H]3C(=O)N1[C@H]23.[Na+]. The van der Waals surface area contributed by atoms with E-state index < -0.39 is 47.7 Å². The molecule has 3 fully saturated rings. The molecule has 0 aliphatic carbocycles. The number of carbonyl (C=O) groups excluding carboxylic acids is 4. The number of anilines is 1. The summed E-state index contributed by atoms with van der Waals surface area (Å²) in [6.45, 7) is 0.0384. The zero-order valence-corrected chi connectivity index (χ0v) is 20.0. The van der Waals surface area contributed by atoms with Gasteiger partial charge < -0.3 is 24.6 Å². The van der Waals surface area contributed by atoms with Crippen molar-refractivity contribution in [2.75, 3.05) is 18.0 Å². The Kier molecular flexibility index (Phi) is 6.16. The molecule has 4 aliphatic heterocycles. The number of piperidine rings is 1. The van der Waals surface area contributed by atoms with Crippen LogP contribution in [-0.4, -0.2) is 64.8 Å². The quantitative estimate of drug-likeness (QED) is 0.266. The van der Waals surface area contributed by atoms with Gasteiger partial charge in [0.05, 0.1) is 17.7 Å². The summed E-state index contributed by atoms with van der Waals surface area (Å²) in [7, 11) is 0. The van der Waals surface area contributed by atoms with Gasteiger partial charge in [0.15, 0.2) is 0 Å². The minimum absolute atomic E-state index is 0. The number of carboxylic acids is 1. The Morgan fingerprint density at radius 3 is 2.38 bits per heavy atom. The van der Waals surface area contributed by atoms with Crippen molar-refractivity contribution >= 4 is 29.4 Å². The molecule has 3 amide bonds. The fourth-order valence-electron chi connectivity index (χ4n) is 5.29. The van der Waals surface area contributed by atoms with Gasteiger partial charge in [-0.1, -0.05) is 18.2 Å². The van der Waals surface area contributed by atoms with Gasteiger partial charge in [0, 0.05) is 30.3 Å². The number of nitrogens with zero attached hydrogens (tertiary/aromatic N) is 3. The molecule has 0 saturated carbocycles. The molecule has 1 unspecified atom stereocenters. The number of likely N-dealkylation sites (tertiary alicyclic amines) is 1. The van der Waals surface area contributed by atoms with Crippen molar-refractivity contribution in [2.24, 2.45) is 5.92 Å². The number of carbonyl (C=O) groups is 4. The van der Waals surface area contributed by atoms with Crippen LogP contribution >= 0.6 is 0 Å². The van der Waals surface area contributed by atoms with Crippen LogP contribution in [0.3, 0.4) is 0 Å². The third kappa shape index (κ3) is 3.57. The first kappa shape index (κ1) is 24.5. The van der Waals surface area contributed by atoms with E-state index in [9.17, 15) is 37.5 Å². The molecule has 0 N–H and O–H groups in total. The zero-order valence-electron chi connectivity index (χ0n) is 18.0. The summed E-state index contributed by atoms with van der Waals surface area (Å²) in [5, 5.41) is 11.9. The molecule has 3 atom stereocenters. The predicted octanol–water partition coefficient (Wildman–Crippen LogP) is -2.64. The summed E-state index contributed by atoms with van der Waals surface area (Å²) in [6.07, 6.45) is -3.34. The van der Waals surface area contributed by atoms with Gasteiger partial charge in [0.1, 0.15) is 6.04 Å². The van der Waals surface area contributed by atoms with Crippen molar-refractivity contribution < 1.29 is 67.0 Å². The van der Waals surface area contributed by atoms with Gasteiger partial charge in [0.2, 0.25) is 0 Å². The minimum atomic E-state index is -5.14. The van der Waals surface area contributed by atoms with E-state index in [0.29, 0.717) is 29.1 Å². The maximum absolute atomic E-state index is 13.0. The molecular formula is C22H17F3N3NaO5. The number of amides is 3. The number of carboxylic acid groups (broad SMARTS) is 1. The number of hydrogen-bond acceptors (Lipinski definition) is 5. The molecule has 0 aromatic heterocycles. The molecule has 3 saturated heterocycles. The predicted molar refractivity (Wildman–Crippen MR) is 104 cm³/mol. The van der Waals surface area contributed by atoms with Crippen molar-refractivity contribution in [1.82, 2.24) is 9.80 Å². The molecule has 0 bridgehead atoms. The maximum atomic E-state index is 13.0. The average molecular weight is 483 g/mol. The normalized spacial score (nSPS) is 27.1. The van der Waals surface area contributed by atoms with Crippen LogP contribution in [-0.2, 0) is 19.2 Å². The molecule has 4 heterocycles. The molecule has 0 spiro atoms. The first-order valence-corrected chi connectivity index (χ1v) is 10.3. The second-order valence-electron chi connectivity index (χ2n) is 8.34. The smallest absolute Gasteiger partial charge is 0.543 e. The summed E-state index contributed by atoms with van der Waals surface area (Å²) in [5.74, 6) is -5.58. The van der Waals surface area contributed by atoms with Crippen LogP contribution in [0, 0.1) is 5.92 Å². The molecule has 0 radical (unpaired) electrons. The van der Waals surface area contributed by atoms with Crippen molar-refractivity contribution in [2.45, 2.75) is 31.1 Å². The second-order valence-corrected chi connectivity index (χ2v) is 8.34. The van der Waals surface area contributed by atoms with E-state index in [1.165, 1.54) is 6.08 Å². The standard InChI is InChI=1S/C22H18F3N3O5.Na/c23-22(24,25)21(33)27-9-7-13-14(16(20(31)32)28-15(13)17(27)19(28)30)10-11-6-8-26(18(11)29)12-4-2-1-3-5-12;/h1-5,10,13,15,17H,6-9H2,(H,31,32);/q;+1/p-1/b11-10+;/t13?,15-,17+;/m1./s1.